The Morgan fingerprint density at radius 2 is 2.32 bits per heavy atom. The van der Waals surface area contributed by atoms with E-state index in [1.165, 1.54) is 0 Å². The van der Waals surface area contributed by atoms with Crippen molar-refractivity contribution in [2.75, 3.05) is 13.1 Å². The molecule has 0 radical (unpaired) electrons. The zero-order valence-corrected chi connectivity index (χ0v) is 11.0. The molecule has 0 aromatic heterocycles. The molecule has 3 N–H and O–H groups in total. The van der Waals surface area contributed by atoms with Crippen LogP contribution in [0.15, 0.2) is 29.4 Å². The molecule has 1 aromatic rings. The van der Waals surface area contributed by atoms with Crippen molar-refractivity contribution < 1.29 is 10.0 Å². The first kappa shape index (κ1) is 13.4. The van der Waals surface area contributed by atoms with Gasteiger partial charge in [-0.25, -0.2) is 0 Å². The lowest BCUT2D eigenvalue weighted by Crippen LogP contribution is -2.44. The fourth-order valence-electron chi connectivity index (χ4n) is 2.45. The van der Waals surface area contributed by atoms with E-state index in [9.17, 15) is 4.79 Å². The maximum Gasteiger partial charge on any atom is 0.253 e. The Labute approximate surface area is 112 Å². The van der Waals surface area contributed by atoms with Gasteiger partial charge in [-0.1, -0.05) is 22.9 Å². The Hall–Kier alpha value is -2.04. The number of carbonyl (C=O) groups excluding carboxylic acids is 1. The number of carbonyl (C=O) groups is 1. The van der Waals surface area contributed by atoms with Gasteiger partial charge in [-0.15, -0.1) is 0 Å². The molecule has 1 aliphatic rings. The molecule has 1 fully saturated rings. The molecule has 1 aromatic carbocycles. The Balaban J connectivity index is 2.11. The highest BCUT2D eigenvalue weighted by Gasteiger charge is 2.26. The summed E-state index contributed by atoms with van der Waals surface area (Å²) in [7, 11) is 0. The Morgan fingerprint density at radius 3 is 3.00 bits per heavy atom. The molecule has 1 atom stereocenters. The number of oxime groups is 1. The molecular weight excluding hydrogens is 242 g/mol. The van der Waals surface area contributed by atoms with E-state index in [-0.39, 0.29) is 17.7 Å². The molecule has 1 saturated heterocycles. The van der Waals surface area contributed by atoms with Crippen molar-refractivity contribution in [2.45, 2.75) is 19.8 Å². The van der Waals surface area contributed by atoms with Crippen molar-refractivity contribution in [1.82, 2.24) is 4.90 Å². The van der Waals surface area contributed by atoms with Gasteiger partial charge in [0.2, 0.25) is 0 Å². The molecule has 5 heteroatoms. The van der Waals surface area contributed by atoms with E-state index in [0.29, 0.717) is 12.1 Å². The van der Waals surface area contributed by atoms with E-state index < -0.39 is 0 Å². The summed E-state index contributed by atoms with van der Waals surface area (Å²) in [5.74, 6) is 0.174. The monoisotopic (exact) mass is 261 g/mol. The number of hydrogen-bond acceptors (Lipinski definition) is 3. The van der Waals surface area contributed by atoms with E-state index in [2.05, 4.69) is 5.16 Å². The van der Waals surface area contributed by atoms with Crippen LogP contribution in [-0.2, 0) is 0 Å². The minimum atomic E-state index is -0.0486. The molecule has 1 unspecified atom stereocenters. The van der Waals surface area contributed by atoms with E-state index in [0.717, 1.165) is 24.9 Å². The van der Waals surface area contributed by atoms with Crippen LogP contribution >= 0.6 is 0 Å². The van der Waals surface area contributed by atoms with Crippen LogP contribution in [0.25, 0.3) is 0 Å². The number of nitrogens with zero attached hydrogens (tertiary/aromatic N) is 2. The van der Waals surface area contributed by atoms with Gasteiger partial charge in [0.15, 0.2) is 0 Å². The molecule has 0 bridgehead atoms. The van der Waals surface area contributed by atoms with Gasteiger partial charge >= 0.3 is 0 Å². The number of benzene rings is 1. The molecule has 1 amide bonds. The summed E-state index contributed by atoms with van der Waals surface area (Å²) in [5, 5.41) is 11.8. The Morgan fingerprint density at radius 1 is 1.53 bits per heavy atom. The molecule has 1 aliphatic heterocycles. The van der Waals surface area contributed by atoms with Crippen molar-refractivity contribution >= 4 is 11.7 Å². The van der Waals surface area contributed by atoms with Gasteiger partial charge < -0.3 is 15.8 Å². The molecule has 0 spiro atoms. The lowest BCUT2D eigenvalue weighted by Gasteiger charge is -2.32. The van der Waals surface area contributed by atoms with Crippen LogP contribution in [0.5, 0.6) is 0 Å². The van der Waals surface area contributed by atoms with Crippen molar-refractivity contribution in [3.8, 4) is 0 Å². The number of likely N-dealkylation sites (tertiary alicyclic amines) is 1. The van der Waals surface area contributed by atoms with Gasteiger partial charge in [-0.3, -0.25) is 4.79 Å². The molecule has 5 nitrogen and oxygen atoms in total. The lowest BCUT2D eigenvalue weighted by atomic mass is 9.96. The van der Waals surface area contributed by atoms with Gasteiger partial charge in [-0.2, -0.15) is 0 Å². The standard InChI is InChI=1S/C14H19N3O2/c1-10-4-2-5-11(8-10)14(18)17-7-3-6-12(9-17)13(15)16-19/h2,4-5,8,12,19H,3,6-7,9H2,1H3,(H2,15,16). The third-order valence-corrected chi connectivity index (χ3v) is 3.51. The van der Waals surface area contributed by atoms with Crippen LogP contribution in [0.3, 0.4) is 0 Å². The zero-order valence-electron chi connectivity index (χ0n) is 11.0. The SMILES string of the molecule is Cc1cccc(C(=O)N2CCCC(C(N)=NO)C2)c1. The summed E-state index contributed by atoms with van der Waals surface area (Å²) in [5.41, 5.74) is 7.40. The Bertz CT molecular complexity index is 499. The van der Waals surface area contributed by atoms with Crippen molar-refractivity contribution in [1.29, 1.82) is 0 Å². The van der Waals surface area contributed by atoms with Crippen LogP contribution in [0.1, 0.15) is 28.8 Å². The highest BCUT2D eigenvalue weighted by molar-refractivity contribution is 5.95. The fraction of sp³-hybridized carbons (Fsp3) is 0.429. The number of nitrogens with two attached hydrogens (primary N) is 1. The van der Waals surface area contributed by atoms with Gasteiger partial charge in [-0.05, 0) is 31.9 Å². The maximum absolute atomic E-state index is 12.4. The molecule has 0 aliphatic carbocycles. The van der Waals surface area contributed by atoms with Crippen LogP contribution < -0.4 is 5.73 Å². The maximum atomic E-state index is 12.4. The van der Waals surface area contributed by atoms with Crippen molar-refractivity contribution in [3.05, 3.63) is 35.4 Å². The topological polar surface area (TPSA) is 78.9 Å². The molecular formula is C14H19N3O2. The number of aryl methyl sites for hydroxylation is 1. The van der Waals surface area contributed by atoms with E-state index in [1.54, 1.807) is 4.90 Å². The quantitative estimate of drug-likeness (QED) is 0.367. The summed E-state index contributed by atoms with van der Waals surface area (Å²) in [6.07, 6.45) is 1.73. The molecule has 19 heavy (non-hydrogen) atoms. The average molecular weight is 261 g/mol. The summed E-state index contributed by atoms with van der Waals surface area (Å²) in [4.78, 5) is 14.2. The largest absolute Gasteiger partial charge is 0.409 e. The van der Waals surface area contributed by atoms with Crippen LogP contribution in [-0.4, -0.2) is 34.9 Å². The summed E-state index contributed by atoms with van der Waals surface area (Å²) >= 11 is 0. The second-order valence-corrected chi connectivity index (χ2v) is 4.98. The number of piperidine rings is 1. The highest BCUT2D eigenvalue weighted by Crippen LogP contribution is 2.19. The van der Waals surface area contributed by atoms with Crippen molar-refractivity contribution in [3.63, 3.8) is 0 Å². The lowest BCUT2D eigenvalue weighted by molar-refractivity contribution is 0.0701. The fourth-order valence-corrected chi connectivity index (χ4v) is 2.45. The smallest absolute Gasteiger partial charge is 0.253 e. The van der Waals surface area contributed by atoms with Crippen LogP contribution in [0, 0.1) is 12.8 Å². The predicted molar refractivity (Wildman–Crippen MR) is 73.2 cm³/mol. The first-order valence-corrected chi connectivity index (χ1v) is 6.45. The third kappa shape index (κ3) is 3.05. The van der Waals surface area contributed by atoms with Crippen LogP contribution in [0.4, 0.5) is 0 Å². The van der Waals surface area contributed by atoms with Gasteiger partial charge in [0.05, 0.1) is 0 Å². The minimum Gasteiger partial charge on any atom is -0.409 e. The number of rotatable bonds is 2. The summed E-state index contributed by atoms with van der Waals surface area (Å²) < 4.78 is 0. The van der Waals surface area contributed by atoms with Gasteiger partial charge in [0.1, 0.15) is 5.84 Å². The van der Waals surface area contributed by atoms with E-state index in [4.69, 9.17) is 10.9 Å². The Kier molecular flexibility index (Phi) is 4.04. The van der Waals surface area contributed by atoms with Gasteiger partial charge in [0, 0.05) is 24.6 Å². The second kappa shape index (κ2) is 5.73. The summed E-state index contributed by atoms with van der Waals surface area (Å²) in [6.45, 7) is 3.21. The van der Waals surface area contributed by atoms with Gasteiger partial charge in [0.25, 0.3) is 5.91 Å². The number of amides is 1. The third-order valence-electron chi connectivity index (χ3n) is 3.51. The molecule has 0 saturated carbocycles. The predicted octanol–water partition coefficient (Wildman–Crippen LogP) is 1.59. The average Bonchev–Trinajstić information content (AvgIpc) is 2.45. The number of amidine groups is 1. The van der Waals surface area contributed by atoms with E-state index >= 15 is 0 Å². The van der Waals surface area contributed by atoms with Crippen molar-refractivity contribution in [2.24, 2.45) is 16.8 Å². The zero-order chi connectivity index (χ0) is 13.8. The first-order chi connectivity index (χ1) is 9.11. The molecule has 1 heterocycles. The van der Waals surface area contributed by atoms with Crippen LogP contribution in [0.2, 0.25) is 0 Å². The normalized spacial score (nSPS) is 20.4. The number of hydrogen-bond donors (Lipinski definition) is 2. The minimum absolute atomic E-state index is 0.0131. The highest BCUT2D eigenvalue weighted by atomic mass is 16.4. The second-order valence-electron chi connectivity index (χ2n) is 4.98. The molecule has 2 rings (SSSR count). The first-order valence-electron chi connectivity index (χ1n) is 6.45. The van der Waals surface area contributed by atoms with E-state index in [1.807, 2.05) is 31.2 Å². The summed E-state index contributed by atoms with van der Waals surface area (Å²) in [6, 6.07) is 7.55. The molecule has 102 valence electrons.